The summed E-state index contributed by atoms with van der Waals surface area (Å²) in [5, 5.41) is 2.55. The van der Waals surface area contributed by atoms with Gasteiger partial charge >= 0.3 is 6.09 Å². The van der Waals surface area contributed by atoms with Crippen LogP contribution in [0.2, 0.25) is 0 Å². The number of fused-ring (bicyclic) bond motifs is 1. The SMILES string of the molecule is CCCC(NC(=O)Oc1ccoc1)C(=O)N1CCC2C1C(=O)CN2S(=O)(=O)c1cccnc1. The molecule has 4 heterocycles. The Kier molecular flexibility index (Phi) is 6.47. The van der Waals surface area contributed by atoms with Gasteiger partial charge in [-0.15, -0.1) is 0 Å². The first-order chi connectivity index (χ1) is 15.8. The predicted octanol–water partition coefficient (Wildman–Crippen LogP) is 1.17. The van der Waals surface area contributed by atoms with Gasteiger partial charge in [0.2, 0.25) is 15.9 Å². The lowest BCUT2D eigenvalue weighted by Gasteiger charge is -2.28. The van der Waals surface area contributed by atoms with Gasteiger partial charge in [-0.3, -0.25) is 14.6 Å². The van der Waals surface area contributed by atoms with Crippen molar-refractivity contribution in [3.8, 4) is 5.75 Å². The summed E-state index contributed by atoms with van der Waals surface area (Å²) in [7, 11) is -3.94. The van der Waals surface area contributed by atoms with Crippen LogP contribution in [0.5, 0.6) is 5.75 Å². The second kappa shape index (κ2) is 9.32. The molecule has 2 saturated heterocycles. The molecule has 12 heteroatoms. The van der Waals surface area contributed by atoms with E-state index < -0.39 is 40.1 Å². The number of furan rings is 1. The van der Waals surface area contributed by atoms with Crippen molar-refractivity contribution < 1.29 is 32.0 Å². The fraction of sp³-hybridized carbons (Fsp3) is 0.429. The van der Waals surface area contributed by atoms with Crippen LogP contribution < -0.4 is 10.1 Å². The molecule has 2 aromatic heterocycles. The molecular formula is C21H24N4O7S. The summed E-state index contributed by atoms with van der Waals surface area (Å²) < 4.78 is 37.3. The number of sulfonamides is 1. The summed E-state index contributed by atoms with van der Waals surface area (Å²) in [6, 6.07) is 1.92. The monoisotopic (exact) mass is 476 g/mol. The summed E-state index contributed by atoms with van der Waals surface area (Å²) in [5.41, 5.74) is 0. The minimum absolute atomic E-state index is 0.00394. The number of likely N-dealkylation sites (tertiary alicyclic amines) is 1. The molecule has 1 N–H and O–H groups in total. The Bertz CT molecular complexity index is 1120. The summed E-state index contributed by atoms with van der Waals surface area (Å²) >= 11 is 0. The fourth-order valence-electron chi connectivity index (χ4n) is 4.31. The maximum atomic E-state index is 13.3. The number of ether oxygens (including phenoxy) is 1. The molecule has 0 spiro atoms. The first kappa shape index (κ1) is 22.9. The van der Waals surface area contributed by atoms with E-state index in [1.807, 2.05) is 6.92 Å². The van der Waals surface area contributed by atoms with Gasteiger partial charge in [-0.1, -0.05) is 13.3 Å². The molecule has 2 fully saturated rings. The van der Waals surface area contributed by atoms with Gasteiger partial charge in [0.25, 0.3) is 0 Å². The van der Waals surface area contributed by atoms with Crippen LogP contribution in [0.25, 0.3) is 0 Å². The van der Waals surface area contributed by atoms with Gasteiger partial charge in [0.1, 0.15) is 23.2 Å². The van der Waals surface area contributed by atoms with Crippen LogP contribution in [0.4, 0.5) is 4.79 Å². The second-order valence-electron chi connectivity index (χ2n) is 7.87. The molecule has 0 aliphatic carbocycles. The zero-order valence-corrected chi connectivity index (χ0v) is 18.7. The van der Waals surface area contributed by atoms with E-state index >= 15 is 0 Å². The van der Waals surface area contributed by atoms with Gasteiger partial charge in [-0.2, -0.15) is 4.31 Å². The Morgan fingerprint density at radius 3 is 2.85 bits per heavy atom. The van der Waals surface area contributed by atoms with Crippen LogP contribution in [0, 0.1) is 0 Å². The van der Waals surface area contributed by atoms with Crippen LogP contribution >= 0.6 is 0 Å². The standard InChI is InChI=1S/C21H24N4O7S/c1-2-4-16(23-21(28)32-14-7-10-31-13-14)20(27)24-9-6-17-19(24)18(26)12-25(17)33(29,30)15-5-3-8-22-11-15/h3,5,7-8,10-11,13,16-17,19H,2,4,6,9,12H2,1H3,(H,23,28). The van der Waals surface area contributed by atoms with Crippen molar-refractivity contribution in [1.29, 1.82) is 0 Å². The Morgan fingerprint density at radius 2 is 2.18 bits per heavy atom. The van der Waals surface area contributed by atoms with Crippen molar-refractivity contribution in [2.24, 2.45) is 0 Å². The van der Waals surface area contributed by atoms with E-state index in [-0.39, 0.29) is 29.5 Å². The van der Waals surface area contributed by atoms with Gasteiger partial charge in [0.05, 0.1) is 18.8 Å². The van der Waals surface area contributed by atoms with Crippen molar-refractivity contribution in [1.82, 2.24) is 19.5 Å². The quantitative estimate of drug-likeness (QED) is 0.628. The van der Waals surface area contributed by atoms with E-state index in [9.17, 15) is 22.8 Å². The Hall–Kier alpha value is -3.25. The van der Waals surface area contributed by atoms with Crippen molar-refractivity contribution >= 4 is 27.8 Å². The minimum Gasteiger partial charge on any atom is -0.469 e. The number of rotatable bonds is 7. The van der Waals surface area contributed by atoms with E-state index in [4.69, 9.17) is 9.15 Å². The van der Waals surface area contributed by atoms with E-state index in [1.165, 1.54) is 48.0 Å². The Labute approximate surface area is 190 Å². The van der Waals surface area contributed by atoms with Crippen molar-refractivity contribution in [2.45, 2.75) is 49.2 Å². The molecule has 2 aliphatic rings. The molecule has 0 radical (unpaired) electrons. The molecule has 176 valence electrons. The van der Waals surface area contributed by atoms with Crippen LogP contribution in [0.3, 0.4) is 0 Å². The van der Waals surface area contributed by atoms with Crippen LogP contribution in [-0.2, 0) is 19.6 Å². The zero-order chi connectivity index (χ0) is 23.6. The Balaban J connectivity index is 1.49. The summed E-state index contributed by atoms with van der Waals surface area (Å²) in [6.45, 7) is 1.75. The summed E-state index contributed by atoms with van der Waals surface area (Å²) in [4.78, 5) is 43.6. The van der Waals surface area contributed by atoms with Gasteiger partial charge in [-0.25, -0.2) is 13.2 Å². The topological polar surface area (TPSA) is 139 Å². The number of carbonyl (C=O) groups is 3. The van der Waals surface area contributed by atoms with Gasteiger partial charge in [0, 0.05) is 25.0 Å². The molecular weight excluding hydrogens is 452 g/mol. The lowest BCUT2D eigenvalue weighted by Crippen LogP contribution is -2.53. The largest absolute Gasteiger partial charge is 0.469 e. The lowest BCUT2D eigenvalue weighted by atomic mass is 10.1. The molecule has 0 bridgehead atoms. The number of nitrogens with one attached hydrogen (secondary N) is 1. The third-order valence-electron chi connectivity index (χ3n) is 5.77. The van der Waals surface area contributed by atoms with E-state index in [2.05, 4.69) is 10.3 Å². The van der Waals surface area contributed by atoms with Crippen LogP contribution in [-0.4, -0.2) is 71.6 Å². The molecule has 2 aromatic rings. The summed E-state index contributed by atoms with van der Waals surface area (Å²) in [5.74, 6) is -0.601. The van der Waals surface area contributed by atoms with E-state index in [0.717, 1.165) is 4.31 Å². The lowest BCUT2D eigenvalue weighted by molar-refractivity contribution is -0.138. The fourth-order valence-corrected chi connectivity index (χ4v) is 5.90. The van der Waals surface area contributed by atoms with Gasteiger partial charge < -0.3 is 19.4 Å². The number of hydrogen-bond acceptors (Lipinski definition) is 8. The smallest absolute Gasteiger partial charge is 0.413 e. The minimum atomic E-state index is -3.94. The van der Waals surface area contributed by atoms with E-state index in [0.29, 0.717) is 19.3 Å². The molecule has 2 aliphatic heterocycles. The highest BCUT2D eigenvalue weighted by atomic mass is 32.2. The maximum Gasteiger partial charge on any atom is 0.413 e. The average molecular weight is 477 g/mol. The van der Waals surface area contributed by atoms with E-state index in [1.54, 1.807) is 0 Å². The van der Waals surface area contributed by atoms with Gasteiger partial charge in [-0.05, 0) is 25.0 Å². The first-order valence-electron chi connectivity index (χ1n) is 10.6. The number of aromatic nitrogens is 1. The highest BCUT2D eigenvalue weighted by Gasteiger charge is 2.54. The molecule has 4 rings (SSSR count). The van der Waals surface area contributed by atoms with Gasteiger partial charge in [0.15, 0.2) is 11.5 Å². The number of pyridine rings is 1. The van der Waals surface area contributed by atoms with Crippen LogP contribution in [0.15, 0.2) is 52.4 Å². The van der Waals surface area contributed by atoms with Crippen molar-refractivity contribution in [3.05, 3.63) is 43.1 Å². The molecule has 0 saturated carbocycles. The third-order valence-corrected chi connectivity index (χ3v) is 7.63. The average Bonchev–Trinajstić information content (AvgIpc) is 3.53. The molecule has 11 nitrogen and oxygen atoms in total. The highest BCUT2D eigenvalue weighted by molar-refractivity contribution is 7.89. The predicted molar refractivity (Wildman–Crippen MR) is 114 cm³/mol. The van der Waals surface area contributed by atoms with Crippen LogP contribution in [0.1, 0.15) is 26.2 Å². The number of hydrogen-bond donors (Lipinski definition) is 1. The number of Topliss-reactive ketones (excluding diaryl/α,β-unsaturated/α-hetero) is 1. The summed E-state index contributed by atoms with van der Waals surface area (Å²) in [6.07, 6.45) is 5.72. The number of ketones is 1. The second-order valence-corrected chi connectivity index (χ2v) is 9.76. The number of carbonyl (C=O) groups excluding carboxylic acids is 3. The highest BCUT2D eigenvalue weighted by Crippen LogP contribution is 2.34. The molecule has 3 unspecified atom stereocenters. The van der Waals surface area contributed by atoms with Crippen molar-refractivity contribution in [3.63, 3.8) is 0 Å². The molecule has 3 atom stereocenters. The zero-order valence-electron chi connectivity index (χ0n) is 17.9. The third kappa shape index (κ3) is 4.48. The Morgan fingerprint density at radius 1 is 1.36 bits per heavy atom. The molecule has 0 aromatic carbocycles. The molecule has 2 amide bonds. The first-order valence-corrected chi connectivity index (χ1v) is 12.0. The normalized spacial score (nSPS) is 21.6. The number of nitrogens with zero attached hydrogens (tertiary/aromatic N) is 3. The molecule has 33 heavy (non-hydrogen) atoms. The number of amides is 2. The van der Waals surface area contributed by atoms with Crippen molar-refractivity contribution in [2.75, 3.05) is 13.1 Å². The maximum absolute atomic E-state index is 13.3.